The second-order valence-corrected chi connectivity index (χ2v) is 11.3. The fourth-order valence-electron chi connectivity index (χ4n) is 5.40. The first-order valence-electron chi connectivity index (χ1n) is 12.1. The average Bonchev–Trinajstić information content (AvgIpc) is 3.59. The number of hydrogen-bond acceptors (Lipinski definition) is 3. The highest BCUT2D eigenvalue weighted by atomic mass is 32.2. The Morgan fingerprint density at radius 3 is 2.09 bits per heavy atom. The molecule has 3 nitrogen and oxygen atoms in total. The minimum atomic E-state index is -4.44. The van der Waals surface area contributed by atoms with Gasteiger partial charge in [0.05, 0.1) is 11.1 Å². The molecule has 2 unspecified atom stereocenters. The van der Waals surface area contributed by atoms with Crippen LogP contribution >= 0.6 is 0 Å². The van der Waals surface area contributed by atoms with Gasteiger partial charge >= 0.3 is 6.18 Å². The van der Waals surface area contributed by atoms with Crippen LogP contribution in [0.2, 0.25) is 0 Å². The van der Waals surface area contributed by atoms with Crippen LogP contribution < -0.4 is 0 Å². The number of allylic oxidation sites excluding steroid dienone is 2. The number of halogens is 3. The molecule has 1 fully saturated rings. The molecule has 1 saturated carbocycles. The Bertz CT molecular complexity index is 1120. The van der Waals surface area contributed by atoms with Crippen LogP contribution in [0.15, 0.2) is 47.1 Å². The summed E-state index contributed by atoms with van der Waals surface area (Å²) in [6, 6.07) is 8.60. The molecule has 35 heavy (non-hydrogen) atoms. The van der Waals surface area contributed by atoms with Crippen molar-refractivity contribution >= 4 is 22.5 Å². The Kier molecular flexibility index (Phi) is 7.13. The molecule has 2 aromatic rings. The Balaban J connectivity index is 1.56. The number of carbonyl (C=O) groups is 1. The lowest BCUT2D eigenvalue weighted by Gasteiger charge is -2.32. The third-order valence-corrected chi connectivity index (χ3v) is 9.15. The summed E-state index contributed by atoms with van der Waals surface area (Å²) in [5.74, 6) is 0.173. The zero-order valence-electron chi connectivity index (χ0n) is 20.3. The first kappa shape index (κ1) is 25.8. The third-order valence-electron chi connectivity index (χ3n) is 7.52. The fraction of sp³-hybridized carbons (Fsp3) is 0.464. The fourth-order valence-corrected chi connectivity index (χ4v) is 7.06. The first-order valence-corrected chi connectivity index (χ1v) is 13.4. The SMILES string of the molecule is CCc1cc(C)cc(CC)c1C1=C(O)CC(C2(C[S+]([O-])c3ccc(C(F)(F)F)cc3)CC2)CC1=O. The average molecular weight is 505 g/mol. The normalized spacial score (nSPS) is 20.8. The van der Waals surface area contributed by atoms with Crippen molar-refractivity contribution in [3.05, 3.63) is 70.0 Å². The summed E-state index contributed by atoms with van der Waals surface area (Å²) < 4.78 is 51.6. The van der Waals surface area contributed by atoms with Crippen molar-refractivity contribution in [3.63, 3.8) is 0 Å². The molecule has 0 radical (unpaired) electrons. The Morgan fingerprint density at radius 2 is 1.63 bits per heavy atom. The molecule has 0 amide bonds. The number of aliphatic hydroxyl groups is 1. The number of rotatable bonds is 7. The van der Waals surface area contributed by atoms with Gasteiger partial charge in [-0.15, -0.1) is 0 Å². The Morgan fingerprint density at radius 1 is 1.06 bits per heavy atom. The molecule has 2 aliphatic carbocycles. The summed E-state index contributed by atoms with van der Waals surface area (Å²) in [6.07, 6.45) is -0.694. The molecule has 1 N–H and O–H groups in total. The molecule has 0 aromatic heterocycles. The van der Waals surface area contributed by atoms with Crippen molar-refractivity contribution in [2.75, 3.05) is 5.75 Å². The summed E-state index contributed by atoms with van der Waals surface area (Å²) in [4.78, 5) is 13.8. The molecule has 0 bridgehead atoms. The Hall–Kier alpha value is -2.25. The van der Waals surface area contributed by atoms with E-state index in [1.807, 2.05) is 20.8 Å². The maximum absolute atomic E-state index is 13.4. The van der Waals surface area contributed by atoms with Gasteiger partial charge in [-0.25, -0.2) is 0 Å². The van der Waals surface area contributed by atoms with E-state index in [2.05, 4.69) is 12.1 Å². The van der Waals surface area contributed by atoms with Crippen molar-refractivity contribution in [2.24, 2.45) is 11.3 Å². The van der Waals surface area contributed by atoms with E-state index >= 15 is 0 Å². The number of aliphatic hydroxyl groups excluding tert-OH is 1. The van der Waals surface area contributed by atoms with E-state index in [1.54, 1.807) is 0 Å². The number of alkyl halides is 3. The maximum atomic E-state index is 13.4. The molecule has 0 heterocycles. The van der Waals surface area contributed by atoms with Crippen molar-refractivity contribution in [1.29, 1.82) is 0 Å². The van der Waals surface area contributed by atoms with E-state index in [4.69, 9.17) is 0 Å². The molecule has 0 aliphatic heterocycles. The molecule has 7 heteroatoms. The van der Waals surface area contributed by atoms with E-state index < -0.39 is 22.9 Å². The minimum Gasteiger partial charge on any atom is -0.611 e. The van der Waals surface area contributed by atoms with E-state index in [1.165, 1.54) is 12.1 Å². The number of ketones is 1. The van der Waals surface area contributed by atoms with E-state index in [0.717, 1.165) is 60.1 Å². The topological polar surface area (TPSA) is 60.4 Å². The third kappa shape index (κ3) is 5.17. The summed E-state index contributed by atoms with van der Waals surface area (Å²) in [5, 5.41) is 11.1. The van der Waals surface area contributed by atoms with Crippen LogP contribution in [-0.4, -0.2) is 21.2 Å². The van der Waals surface area contributed by atoms with Crippen LogP contribution in [0.3, 0.4) is 0 Å². The quantitative estimate of drug-likeness (QED) is 0.414. The van der Waals surface area contributed by atoms with Crippen molar-refractivity contribution in [3.8, 4) is 0 Å². The zero-order valence-corrected chi connectivity index (χ0v) is 21.1. The van der Waals surface area contributed by atoms with Gasteiger partial charge in [-0.2, -0.15) is 13.2 Å². The predicted octanol–water partition coefficient (Wildman–Crippen LogP) is 6.97. The van der Waals surface area contributed by atoms with E-state index in [-0.39, 0.29) is 35.0 Å². The van der Waals surface area contributed by atoms with Crippen LogP contribution in [0.1, 0.15) is 67.3 Å². The molecule has 4 rings (SSSR count). The summed E-state index contributed by atoms with van der Waals surface area (Å²) in [5.41, 5.74) is 3.42. The molecular weight excluding hydrogens is 473 g/mol. The van der Waals surface area contributed by atoms with Crippen molar-refractivity contribution in [2.45, 2.75) is 70.4 Å². The van der Waals surface area contributed by atoms with E-state index in [9.17, 15) is 27.6 Å². The van der Waals surface area contributed by atoms with Gasteiger partial charge in [0.2, 0.25) is 0 Å². The number of hydrogen-bond donors (Lipinski definition) is 1. The molecule has 188 valence electrons. The van der Waals surface area contributed by atoms with Crippen LogP contribution in [0.25, 0.3) is 5.57 Å². The van der Waals surface area contributed by atoms with Gasteiger partial charge in [0, 0.05) is 18.3 Å². The van der Waals surface area contributed by atoms with Crippen molar-refractivity contribution in [1.82, 2.24) is 0 Å². The molecule has 2 aliphatic rings. The van der Waals surface area contributed by atoms with Gasteiger partial charge in [0.15, 0.2) is 10.7 Å². The van der Waals surface area contributed by atoms with Crippen LogP contribution in [0.5, 0.6) is 0 Å². The number of aryl methyl sites for hydroxylation is 3. The van der Waals surface area contributed by atoms with Crippen LogP contribution in [0, 0.1) is 18.3 Å². The van der Waals surface area contributed by atoms with Gasteiger partial charge < -0.3 is 9.66 Å². The number of benzene rings is 2. The monoisotopic (exact) mass is 504 g/mol. The molecule has 0 saturated heterocycles. The highest BCUT2D eigenvalue weighted by Crippen LogP contribution is 2.58. The first-order chi connectivity index (χ1) is 16.5. The maximum Gasteiger partial charge on any atom is 0.416 e. The molecule has 2 aromatic carbocycles. The highest BCUT2D eigenvalue weighted by Gasteiger charge is 2.54. The van der Waals surface area contributed by atoms with Gasteiger partial charge in [-0.3, -0.25) is 4.79 Å². The minimum absolute atomic E-state index is 0.0846. The van der Waals surface area contributed by atoms with Crippen molar-refractivity contribution < 1.29 is 27.6 Å². The van der Waals surface area contributed by atoms with Crippen LogP contribution in [-0.2, 0) is 35.0 Å². The van der Waals surface area contributed by atoms with Gasteiger partial charge in [-0.1, -0.05) is 31.5 Å². The van der Waals surface area contributed by atoms with Gasteiger partial charge in [-0.05, 0) is 90.7 Å². The molecular formula is C28H31F3O3S. The van der Waals surface area contributed by atoms with E-state index in [0.29, 0.717) is 16.9 Å². The molecule has 2 atom stereocenters. The summed E-state index contributed by atoms with van der Waals surface area (Å²) >= 11 is -1.48. The molecule has 0 spiro atoms. The van der Waals surface area contributed by atoms with Gasteiger partial charge in [0.25, 0.3) is 0 Å². The number of carbonyl (C=O) groups excluding carboxylic acids is 1. The largest absolute Gasteiger partial charge is 0.611 e. The predicted molar refractivity (Wildman–Crippen MR) is 132 cm³/mol. The lowest BCUT2D eigenvalue weighted by Crippen LogP contribution is -2.31. The number of Topliss-reactive ketones (excluding diaryl/α,β-unsaturated/α-hetero) is 1. The summed E-state index contributed by atoms with van der Waals surface area (Å²) in [6.45, 7) is 6.12. The lowest BCUT2D eigenvalue weighted by atomic mass is 9.74. The summed E-state index contributed by atoms with van der Waals surface area (Å²) in [7, 11) is 0. The van der Waals surface area contributed by atoms with Gasteiger partial charge in [0.1, 0.15) is 11.5 Å². The van der Waals surface area contributed by atoms with Crippen LogP contribution in [0.4, 0.5) is 13.2 Å². The zero-order chi connectivity index (χ0) is 25.5. The second kappa shape index (κ2) is 9.66. The Labute approximate surface area is 207 Å². The highest BCUT2D eigenvalue weighted by molar-refractivity contribution is 7.91. The lowest BCUT2D eigenvalue weighted by molar-refractivity contribution is -0.137. The second-order valence-electron chi connectivity index (χ2n) is 9.89. The standard InChI is InChI=1S/C28H31F3O3S/c1-4-18-12-17(3)13-19(5-2)25(18)26-23(32)14-21(15-24(26)33)27(10-11-27)16-35(34)22-8-6-20(7-9-22)28(29,30)31/h6-9,12-13,21,32H,4-5,10-11,14-16H2,1-3H3. The smallest absolute Gasteiger partial charge is 0.416 e.